The Bertz CT molecular complexity index is 428. The predicted octanol–water partition coefficient (Wildman–Crippen LogP) is -0.125. The van der Waals surface area contributed by atoms with Gasteiger partial charge >= 0.3 is 5.97 Å². The molecule has 1 aromatic rings. The molecular formula is C11H18N4O3. The summed E-state index contributed by atoms with van der Waals surface area (Å²) >= 11 is 0. The third kappa shape index (κ3) is 4.08. The molecule has 0 aliphatic heterocycles. The Balaban J connectivity index is 2.35. The number of nitrogens with two attached hydrogens (primary N) is 1. The molecule has 0 aliphatic rings. The second-order valence-electron chi connectivity index (χ2n) is 4.23. The highest BCUT2D eigenvalue weighted by molar-refractivity contribution is 5.80. The van der Waals surface area contributed by atoms with Gasteiger partial charge in [0.2, 0.25) is 0 Å². The standard InChI is InChI=1S/C11H18N4O3/c1-8(2)14(3)10(16)7-18-11(17)6-15-5-9(12)4-13-15/h4-5,8H,6-7,12H2,1-3H3. The monoisotopic (exact) mass is 254 g/mol. The van der Waals surface area contributed by atoms with Gasteiger partial charge in [0, 0.05) is 19.3 Å². The Morgan fingerprint density at radius 3 is 2.72 bits per heavy atom. The Labute approximate surface area is 105 Å². The number of carbonyl (C=O) groups excluding carboxylic acids is 2. The molecule has 0 aliphatic carbocycles. The number of esters is 1. The van der Waals surface area contributed by atoms with Gasteiger partial charge in [0.05, 0.1) is 11.9 Å². The summed E-state index contributed by atoms with van der Waals surface area (Å²) in [5.41, 5.74) is 5.92. The summed E-state index contributed by atoms with van der Waals surface area (Å²) < 4.78 is 6.21. The lowest BCUT2D eigenvalue weighted by Crippen LogP contribution is -2.36. The van der Waals surface area contributed by atoms with E-state index in [4.69, 9.17) is 10.5 Å². The Morgan fingerprint density at radius 2 is 2.22 bits per heavy atom. The van der Waals surface area contributed by atoms with Gasteiger partial charge in [-0.05, 0) is 13.8 Å². The Kier molecular flexibility index (Phi) is 4.70. The number of likely N-dealkylation sites (N-methyl/N-ethyl adjacent to an activating group) is 1. The summed E-state index contributed by atoms with van der Waals surface area (Å²) in [5.74, 6) is -0.762. The average molecular weight is 254 g/mol. The van der Waals surface area contributed by atoms with Crippen molar-refractivity contribution in [1.29, 1.82) is 0 Å². The number of amides is 1. The van der Waals surface area contributed by atoms with Crippen LogP contribution >= 0.6 is 0 Å². The summed E-state index contributed by atoms with van der Waals surface area (Å²) in [6, 6.07) is 0.0714. The molecule has 0 radical (unpaired) electrons. The molecule has 0 fully saturated rings. The fourth-order valence-corrected chi connectivity index (χ4v) is 1.18. The number of anilines is 1. The van der Waals surface area contributed by atoms with Crippen molar-refractivity contribution in [3.63, 3.8) is 0 Å². The number of rotatable bonds is 5. The van der Waals surface area contributed by atoms with Gasteiger partial charge in [0.1, 0.15) is 6.54 Å². The molecule has 0 aromatic carbocycles. The summed E-state index contributed by atoms with van der Waals surface area (Å²) in [7, 11) is 1.66. The van der Waals surface area contributed by atoms with E-state index in [2.05, 4.69) is 5.10 Å². The van der Waals surface area contributed by atoms with Crippen molar-refractivity contribution in [3.8, 4) is 0 Å². The van der Waals surface area contributed by atoms with Crippen molar-refractivity contribution in [3.05, 3.63) is 12.4 Å². The van der Waals surface area contributed by atoms with E-state index >= 15 is 0 Å². The molecule has 1 amide bonds. The zero-order valence-electron chi connectivity index (χ0n) is 10.8. The molecule has 1 rings (SSSR count). The number of nitrogen functional groups attached to an aromatic ring is 1. The van der Waals surface area contributed by atoms with Crippen LogP contribution in [0, 0.1) is 0 Å². The fourth-order valence-electron chi connectivity index (χ4n) is 1.18. The van der Waals surface area contributed by atoms with E-state index in [9.17, 15) is 9.59 Å². The lowest BCUT2D eigenvalue weighted by atomic mass is 10.3. The van der Waals surface area contributed by atoms with Crippen LogP contribution in [0.25, 0.3) is 0 Å². The van der Waals surface area contributed by atoms with E-state index in [1.165, 1.54) is 22.0 Å². The van der Waals surface area contributed by atoms with Crippen LogP contribution in [0.4, 0.5) is 5.69 Å². The fraction of sp³-hybridized carbons (Fsp3) is 0.545. The molecular weight excluding hydrogens is 236 g/mol. The highest BCUT2D eigenvalue weighted by Gasteiger charge is 2.14. The molecule has 100 valence electrons. The number of carbonyl (C=O) groups is 2. The molecule has 18 heavy (non-hydrogen) atoms. The normalized spacial score (nSPS) is 10.4. The van der Waals surface area contributed by atoms with E-state index in [0.29, 0.717) is 5.69 Å². The summed E-state index contributed by atoms with van der Waals surface area (Å²) in [6.45, 7) is 3.44. The first kappa shape index (κ1) is 14.0. The second kappa shape index (κ2) is 6.04. The van der Waals surface area contributed by atoms with Crippen LogP contribution in [0.2, 0.25) is 0 Å². The molecule has 7 heteroatoms. The maximum absolute atomic E-state index is 11.6. The highest BCUT2D eigenvalue weighted by Crippen LogP contribution is 1.99. The third-order valence-corrected chi connectivity index (χ3v) is 2.47. The van der Waals surface area contributed by atoms with Crippen LogP contribution in [0.5, 0.6) is 0 Å². The van der Waals surface area contributed by atoms with Crippen LogP contribution in [0.3, 0.4) is 0 Å². The van der Waals surface area contributed by atoms with Gasteiger partial charge in [-0.1, -0.05) is 0 Å². The molecule has 7 nitrogen and oxygen atoms in total. The van der Waals surface area contributed by atoms with Crippen molar-refractivity contribution in [2.75, 3.05) is 19.4 Å². The minimum atomic E-state index is -0.524. The molecule has 2 N–H and O–H groups in total. The van der Waals surface area contributed by atoms with Crippen LogP contribution in [0.15, 0.2) is 12.4 Å². The lowest BCUT2D eigenvalue weighted by Gasteiger charge is -2.21. The molecule has 0 bridgehead atoms. The molecule has 1 aromatic heterocycles. The van der Waals surface area contributed by atoms with Crippen molar-refractivity contribution in [1.82, 2.24) is 14.7 Å². The van der Waals surface area contributed by atoms with Crippen molar-refractivity contribution in [2.45, 2.75) is 26.4 Å². The summed E-state index contributed by atoms with van der Waals surface area (Å²) in [5, 5.41) is 3.84. The van der Waals surface area contributed by atoms with Gasteiger partial charge in [-0.3, -0.25) is 14.3 Å². The third-order valence-electron chi connectivity index (χ3n) is 2.47. The quantitative estimate of drug-likeness (QED) is 0.739. The number of hydrogen-bond acceptors (Lipinski definition) is 5. The maximum Gasteiger partial charge on any atom is 0.328 e. The highest BCUT2D eigenvalue weighted by atomic mass is 16.5. The van der Waals surface area contributed by atoms with Crippen molar-refractivity contribution < 1.29 is 14.3 Å². The van der Waals surface area contributed by atoms with E-state index in [1.54, 1.807) is 7.05 Å². The first-order chi connectivity index (χ1) is 8.40. The molecule has 0 spiro atoms. The SMILES string of the molecule is CC(C)N(C)C(=O)COC(=O)Cn1cc(N)cn1. The largest absolute Gasteiger partial charge is 0.454 e. The lowest BCUT2D eigenvalue weighted by molar-refractivity contribution is -0.152. The molecule has 0 atom stereocenters. The first-order valence-corrected chi connectivity index (χ1v) is 5.59. The molecule has 0 saturated carbocycles. The van der Waals surface area contributed by atoms with Crippen molar-refractivity contribution >= 4 is 17.6 Å². The molecule has 0 unspecified atom stereocenters. The van der Waals surface area contributed by atoms with Crippen molar-refractivity contribution in [2.24, 2.45) is 0 Å². The first-order valence-electron chi connectivity index (χ1n) is 5.59. The van der Waals surface area contributed by atoms with Crippen LogP contribution in [-0.4, -0.2) is 46.3 Å². The van der Waals surface area contributed by atoms with Gasteiger partial charge in [-0.25, -0.2) is 0 Å². The van der Waals surface area contributed by atoms with Gasteiger partial charge in [0.15, 0.2) is 6.61 Å². The summed E-state index contributed by atoms with van der Waals surface area (Å²) in [4.78, 5) is 24.5. The minimum absolute atomic E-state index is 0.0596. The van der Waals surface area contributed by atoms with Gasteiger partial charge in [-0.2, -0.15) is 5.10 Å². The van der Waals surface area contributed by atoms with E-state index in [1.807, 2.05) is 13.8 Å². The van der Waals surface area contributed by atoms with E-state index in [0.717, 1.165) is 0 Å². The van der Waals surface area contributed by atoms with Crippen LogP contribution < -0.4 is 5.73 Å². The zero-order valence-corrected chi connectivity index (χ0v) is 10.8. The number of aromatic nitrogens is 2. The minimum Gasteiger partial charge on any atom is -0.454 e. The van der Waals surface area contributed by atoms with E-state index in [-0.39, 0.29) is 25.1 Å². The number of nitrogens with zero attached hydrogens (tertiary/aromatic N) is 3. The van der Waals surface area contributed by atoms with Crippen LogP contribution in [-0.2, 0) is 20.9 Å². The number of hydrogen-bond donors (Lipinski definition) is 1. The summed E-state index contributed by atoms with van der Waals surface area (Å²) in [6.07, 6.45) is 2.95. The maximum atomic E-state index is 11.6. The van der Waals surface area contributed by atoms with Gasteiger partial charge in [-0.15, -0.1) is 0 Å². The second-order valence-corrected chi connectivity index (χ2v) is 4.23. The molecule has 0 saturated heterocycles. The topological polar surface area (TPSA) is 90.5 Å². The van der Waals surface area contributed by atoms with Gasteiger partial charge in [0.25, 0.3) is 5.91 Å². The molecule has 1 heterocycles. The van der Waals surface area contributed by atoms with Gasteiger partial charge < -0.3 is 15.4 Å². The van der Waals surface area contributed by atoms with Crippen LogP contribution in [0.1, 0.15) is 13.8 Å². The Morgan fingerprint density at radius 1 is 1.56 bits per heavy atom. The van der Waals surface area contributed by atoms with E-state index < -0.39 is 5.97 Å². The average Bonchev–Trinajstić information content (AvgIpc) is 2.70. The number of ether oxygens (including phenoxy) is 1. The predicted molar refractivity (Wildman–Crippen MR) is 65.5 cm³/mol. The zero-order chi connectivity index (χ0) is 13.7. The Hall–Kier alpha value is -2.05. The smallest absolute Gasteiger partial charge is 0.328 e.